The van der Waals surface area contributed by atoms with E-state index in [1.54, 1.807) is 48.5 Å². The minimum absolute atomic E-state index is 0.0367. The van der Waals surface area contributed by atoms with Crippen molar-refractivity contribution in [2.24, 2.45) is 5.10 Å². The molecular formula is C19H17ClN2O4. The van der Waals surface area contributed by atoms with E-state index < -0.39 is 17.6 Å². The fourth-order valence-electron chi connectivity index (χ4n) is 2.75. The highest BCUT2D eigenvalue weighted by Gasteiger charge is 2.48. The van der Waals surface area contributed by atoms with Crippen LogP contribution in [0.3, 0.4) is 0 Å². The van der Waals surface area contributed by atoms with Gasteiger partial charge in [0.05, 0.1) is 13.5 Å². The predicted molar refractivity (Wildman–Crippen MR) is 96.8 cm³/mol. The minimum Gasteiger partial charge on any atom is -0.464 e. The lowest BCUT2D eigenvalue weighted by molar-refractivity contribution is -0.133. The van der Waals surface area contributed by atoms with Gasteiger partial charge in [-0.2, -0.15) is 10.1 Å². The van der Waals surface area contributed by atoms with Gasteiger partial charge in [0, 0.05) is 16.1 Å². The van der Waals surface area contributed by atoms with Crippen LogP contribution in [0, 0.1) is 6.92 Å². The third-order valence-corrected chi connectivity index (χ3v) is 4.46. The Bertz CT molecular complexity index is 877. The predicted octanol–water partition coefficient (Wildman–Crippen LogP) is 2.87. The Morgan fingerprint density at radius 2 is 1.77 bits per heavy atom. The number of amides is 1. The lowest BCUT2D eigenvalue weighted by atomic mass is 9.96. The molecule has 1 N–H and O–H groups in total. The molecule has 3 rings (SSSR count). The molecule has 0 aromatic heterocycles. The summed E-state index contributed by atoms with van der Waals surface area (Å²) in [5.74, 6) is -1.22. The zero-order chi connectivity index (χ0) is 18.9. The normalized spacial score (nSPS) is 19.2. The zero-order valence-corrected chi connectivity index (χ0v) is 15.0. The van der Waals surface area contributed by atoms with Crippen LogP contribution in [0.4, 0.5) is 0 Å². The van der Waals surface area contributed by atoms with Crippen LogP contribution >= 0.6 is 11.6 Å². The smallest absolute Gasteiger partial charge is 0.354 e. The molecule has 1 aliphatic heterocycles. The third-order valence-electron chi connectivity index (χ3n) is 4.20. The highest BCUT2D eigenvalue weighted by Crippen LogP contribution is 2.37. The van der Waals surface area contributed by atoms with Crippen LogP contribution < -0.4 is 0 Å². The molecule has 0 aliphatic carbocycles. The number of hydrogen-bond acceptors (Lipinski definition) is 5. The summed E-state index contributed by atoms with van der Waals surface area (Å²) in [6, 6.07) is 13.2. The van der Waals surface area contributed by atoms with Crippen molar-refractivity contribution >= 4 is 29.2 Å². The molecule has 2 aromatic rings. The SMILES string of the molecule is COC(=O)C1=NN(C(=O)c2ccc(C)cc2)[C@](O)(c2ccc(Cl)cc2)C1. The second kappa shape index (κ2) is 6.90. The highest BCUT2D eigenvalue weighted by atomic mass is 35.5. The molecule has 134 valence electrons. The Kier molecular flexibility index (Phi) is 4.80. The minimum atomic E-state index is -1.81. The molecule has 0 spiro atoms. The standard InChI is InChI=1S/C19H17ClN2O4/c1-12-3-5-13(6-4-12)17(23)22-19(25,11-16(21-22)18(24)26-2)14-7-9-15(20)10-8-14/h3-10,25H,11H2,1-2H3/t19-/m1/s1. The number of rotatable bonds is 3. The molecule has 0 radical (unpaired) electrons. The first-order valence-electron chi connectivity index (χ1n) is 7.90. The fourth-order valence-corrected chi connectivity index (χ4v) is 2.88. The molecule has 0 saturated carbocycles. The third kappa shape index (κ3) is 3.21. The Morgan fingerprint density at radius 1 is 1.15 bits per heavy atom. The number of carbonyl (C=O) groups excluding carboxylic acids is 2. The lowest BCUT2D eigenvalue weighted by Gasteiger charge is -2.31. The van der Waals surface area contributed by atoms with Crippen molar-refractivity contribution in [1.29, 1.82) is 0 Å². The first kappa shape index (κ1) is 18.1. The summed E-state index contributed by atoms with van der Waals surface area (Å²) in [4.78, 5) is 24.9. The number of esters is 1. The van der Waals surface area contributed by atoms with E-state index >= 15 is 0 Å². The maximum atomic E-state index is 13.0. The summed E-state index contributed by atoms with van der Waals surface area (Å²) in [6.07, 6.45) is -0.182. The summed E-state index contributed by atoms with van der Waals surface area (Å²) in [5, 5.41) is 16.7. The number of ether oxygens (including phenoxy) is 1. The van der Waals surface area contributed by atoms with Gasteiger partial charge >= 0.3 is 5.97 Å². The van der Waals surface area contributed by atoms with Crippen LogP contribution in [0.25, 0.3) is 0 Å². The van der Waals surface area contributed by atoms with E-state index in [1.165, 1.54) is 7.11 Å². The van der Waals surface area contributed by atoms with Crippen molar-refractivity contribution < 1.29 is 19.4 Å². The average molecular weight is 373 g/mol. The van der Waals surface area contributed by atoms with E-state index in [1.807, 2.05) is 6.92 Å². The maximum absolute atomic E-state index is 13.0. The van der Waals surface area contributed by atoms with E-state index in [0.717, 1.165) is 10.6 Å². The van der Waals surface area contributed by atoms with E-state index in [9.17, 15) is 14.7 Å². The number of benzene rings is 2. The zero-order valence-electron chi connectivity index (χ0n) is 14.3. The molecule has 0 bridgehead atoms. The van der Waals surface area contributed by atoms with Gasteiger partial charge in [-0.3, -0.25) is 4.79 Å². The average Bonchev–Trinajstić information content (AvgIpc) is 3.00. The Morgan fingerprint density at radius 3 is 2.35 bits per heavy atom. The monoisotopic (exact) mass is 372 g/mol. The van der Waals surface area contributed by atoms with Crippen LogP contribution in [0.2, 0.25) is 5.02 Å². The largest absolute Gasteiger partial charge is 0.464 e. The second-order valence-corrected chi connectivity index (χ2v) is 6.46. The molecule has 1 atom stereocenters. The van der Waals surface area contributed by atoms with Crippen molar-refractivity contribution in [3.8, 4) is 0 Å². The van der Waals surface area contributed by atoms with Crippen molar-refractivity contribution in [2.45, 2.75) is 19.1 Å². The highest BCUT2D eigenvalue weighted by molar-refractivity contribution is 6.37. The summed E-state index contributed by atoms with van der Waals surface area (Å²) >= 11 is 5.91. The molecule has 1 heterocycles. The molecule has 2 aromatic carbocycles. The topological polar surface area (TPSA) is 79.2 Å². The first-order valence-corrected chi connectivity index (χ1v) is 8.28. The van der Waals surface area contributed by atoms with E-state index in [-0.39, 0.29) is 12.1 Å². The Balaban J connectivity index is 2.05. The van der Waals surface area contributed by atoms with E-state index in [0.29, 0.717) is 16.1 Å². The number of nitrogens with zero attached hydrogens (tertiary/aromatic N) is 2. The molecule has 0 saturated heterocycles. The van der Waals surface area contributed by atoms with Gasteiger partial charge in [0.2, 0.25) is 0 Å². The van der Waals surface area contributed by atoms with Gasteiger partial charge in [-0.15, -0.1) is 0 Å². The molecular weight excluding hydrogens is 356 g/mol. The van der Waals surface area contributed by atoms with E-state index in [2.05, 4.69) is 5.10 Å². The molecule has 26 heavy (non-hydrogen) atoms. The van der Waals surface area contributed by atoms with Gasteiger partial charge in [-0.05, 0) is 31.2 Å². The van der Waals surface area contributed by atoms with Gasteiger partial charge < -0.3 is 9.84 Å². The summed E-state index contributed by atoms with van der Waals surface area (Å²) in [6.45, 7) is 1.90. The number of aliphatic hydroxyl groups is 1. The number of carbonyl (C=O) groups is 2. The Labute approximate surface area is 155 Å². The van der Waals surface area contributed by atoms with Gasteiger partial charge in [-0.1, -0.05) is 41.4 Å². The number of hydrazone groups is 1. The van der Waals surface area contributed by atoms with Gasteiger partial charge in [0.25, 0.3) is 5.91 Å². The fraction of sp³-hybridized carbons (Fsp3) is 0.211. The van der Waals surface area contributed by atoms with Crippen molar-refractivity contribution in [1.82, 2.24) is 5.01 Å². The number of halogens is 1. The van der Waals surface area contributed by atoms with Crippen molar-refractivity contribution in [2.75, 3.05) is 7.11 Å². The van der Waals surface area contributed by atoms with Crippen molar-refractivity contribution in [3.63, 3.8) is 0 Å². The van der Waals surface area contributed by atoms with E-state index in [4.69, 9.17) is 16.3 Å². The summed E-state index contributed by atoms with van der Waals surface area (Å²) in [7, 11) is 1.22. The molecule has 0 fully saturated rings. The number of methoxy groups -OCH3 is 1. The van der Waals surface area contributed by atoms with Gasteiger partial charge in [0.1, 0.15) is 0 Å². The number of aryl methyl sites for hydroxylation is 1. The molecule has 7 heteroatoms. The Hall–Kier alpha value is -2.70. The maximum Gasteiger partial charge on any atom is 0.354 e. The summed E-state index contributed by atoms with van der Waals surface area (Å²) < 4.78 is 4.69. The molecule has 1 amide bonds. The van der Waals surface area contributed by atoms with Crippen LogP contribution in [-0.2, 0) is 15.3 Å². The van der Waals surface area contributed by atoms with Crippen LogP contribution in [-0.4, -0.2) is 34.8 Å². The summed E-state index contributed by atoms with van der Waals surface area (Å²) in [5.41, 5.74) is -0.112. The van der Waals surface area contributed by atoms with Crippen LogP contribution in [0.15, 0.2) is 53.6 Å². The molecule has 0 unspecified atom stereocenters. The number of hydrogen-bond donors (Lipinski definition) is 1. The van der Waals surface area contributed by atoms with Crippen molar-refractivity contribution in [3.05, 3.63) is 70.2 Å². The second-order valence-electron chi connectivity index (χ2n) is 6.02. The van der Waals surface area contributed by atoms with Crippen LogP contribution in [0.5, 0.6) is 0 Å². The molecule has 6 nitrogen and oxygen atoms in total. The van der Waals surface area contributed by atoms with Crippen LogP contribution in [0.1, 0.15) is 27.9 Å². The quantitative estimate of drug-likeness (QED) is 0.840. The first-order chi connectivity index (χ1) is 12.3. The van der Waals surface area contributed by atoms with Gasteiger partial charge in [0.15, 0.2) is 11.4 Å². The van der Waals surface area contributed by atoms with Gasteiger partial charge in [-0.25, -0.2) is 4.79 Å². The lowest BCUT2D eigenvalue weighted by Crippen LogP contribution is -2.43. The molecule has 1 aliphatic rings.